The number of carboxylic acids is 1. The molecule has 2 aromatic rings. The van der Waals surface area contributed by atoms with E-state index in [2.05, 4.69) is 31.1 Å². The molecule has 1 saturated heterocycles. The molecule has 25 heavy (non-hydrogen) atoms. The van der Waals surface area contributed by atoms with Crippen molar-refractivity contribution in [3.8, 4) is 0 Å². The first-order chi connectivity index (χ1) is 11.6. The summed E-state index contributed by atoms with van der Waals surface area (Å²) in [6.45, 7) is 7.58. The quantitative estimate of drug-likeness (QED) is 0.746. The van der Waals surface area contributed by atoms with Crippen LogP contribution >= 0.6 is 0 Å². The molecule has 0 radical (unpaired) electrons. The Hall–Kier alpha value is -2.14. The molecule has 0 amide bonds. The fourth-order valence-corrected chi connectivity index (χ4v) is 5.48. The summed E-state index contributed by atoms with van der Waals surface area (Å²) in [7, 11) is 0. The number of nitrogens with one attached hydrogen (secondary N) is 2. The Labute approximate surface area is 146 Å². The molecule has 5 nitrogen and oxygen atoms in total. The van der Waals surface area contributed by atoms with Gasteiger partial charge in [-0.15, -0.1) is 0 Å². The largest absolute Gasteiger partial charge is 0.478 e. The number of benzene rings is 1. The molecule has 2 atom stereocenters. The molecule has 2 bridgehead atoms. The minimum atomic E-state index is -0.987. The van der Waals surface area contributed by atoms with E-state index in [-0.39, 0.29) is 22.2 Å². The van der Waals surface area contributed by atoms with Crippen molar-refractivity contribution in [2.75, 3.05) is 6.54 Å². The number of hydrogen-bond donors (Lipinski definition) is 3. The van der Waals surface area contributed by atoms with Gasteiger partial charge in [-0.05, 0) is 48.3 Å². The summed E-state index contributed by atoms with van der Waals surface area (Å²) in [5.41, 5.74) is 1.24. The van der Waals surface area contributed by atoms with Crippen LogP contribution in [-0.4, -0.2) is 33.9 Å². The molecule has 2 fully saturated rings. The second-order valence-corrected chi connectivity index (χ2v) is 9.04. The SMILES string of the molecule is CC1(C)CC2(C)CNC(C(=O)c3ccc4[nH]cc(C(=O)O)c4c3)(C1)C2. The smallest absolute Gasteiger partial charge is 0.337 e. The predicted molar refractivity (Wildman–Crippen MR) is 96.1 cm³/mol. The number of aromatic carboxylic acids is 1. The van der Waals surface area contributed by atoms with Crippen molar-refractivity contribution in [3.63, 3.8) is 0 Å². The Kier molecular flexibility index (Phi) is 3.23. The molecular weight excluding hydrogens is 316 g/mol. The van der Waals surface area contributed by atoms with Gasteiger partial charge in [0, 0.05) is 29.2 Å². The first-order valence-electron chi connectivity index (χ1n) is 8.78. The van der Waals surface area contributed by atoms with Gasteiger partial charge in [0.05, 0.1) is 11.1 Å². The van der Waals surface area contributed by atoms with Crippen molar-refractivity contribution in [1.29, 1.82) is 0 Å². The summed E-state index contributed by atoms with van der Waals surface area (Å²) < 4.78 is 0. The van der Waals surface area contributed by atoms with Crippen molar-refractivity contribution >= 4 is 22.7 Å². The number of fused-ring (bicyclic) bond motifs is 3. The molecule has 2 aliphatic rings. The first kappa shape index (κ1) is 16.3. The van der Waals surface area contributed by atoms with Crippen molar-refractivity contribution < 1.29 is 14.7 Å². The minimum Gasteiger partial charge on any atom is -0.478 e. The minimum absolute atomic E-state index is 0.0865. The summed E-state index contributed by atoms with van der Waals surface area (Å²) in [6.07, 6.45) is 4.25. The fraction of sp³-hybridized carbons (Fsp3) is 0.500. The van der Waals surface area contributed by atoms with Crippen LogP contribution < -0.4 is 5.32 Å². The van der Waals surface area contributed by atoms with E-state index in [1.165, 1.54) is 6.20 Å². The van der Waals surface area contributed by atoms with E-state index in [0.717, 1.165) is 31.3 Å². The zero-order chi connectivity index (χ0) is 18.0. The predicted octanol–water partition coefficient (Wildman–Crippen LogP) is 3.61. The van der Waals surface area contributed by atoms with Crippen LogP contribution in [-0.2, 0) is 0 Å². The van der Waals surface area contributed by atoms with Gasteiger partial charge in [0.2, 0.25) is 0 Å². The number of hydrogen-bond acceptors (Lipinski definition) is 3. The van der Waals surface area contributed by atoms with Crippen LogP contribution in [0.1, 0.15) is 60.7 Å². The van der Waals surface area contributed by atoms with Crippen LogP contribution in [0.5, 0.6) is 0 Å². The Bertz CT molecular complexity index is 897. The number of carbonyl (C=O) groups excluding carboxylic acids is 1. The average Bonchev–Trinajstić information content (AvgIpc) is 3.04. The molecule has 1 saturated carbocycles. The van der Waals surface area contributed by atoms with E-state index in [9.17, 15) is 14.7 Å². The van der Waals surface area contributed by atoms with Gasteiger partial charge in [0.15, 0.2) is 5.78 Å². The third kappa shape index (κ3) is 2.49. The summed E-state index contributed by atoms with van der Waals surface area (Å²) in [6, 6.07) is 5.33. The number of aromatic nitrogens is 1. The van der Waals surface area contributed by atoms with E-state index in [4.69, 9.17) is 0 Å². The van der Waals surface area contributed by atoms with Crippen LogP contribution in [0.15, 0.2) is 24.4 Å². The van der Waals surface area contributed by atoms with Gasteiger partial charge >= 0.3 is 5.97 Å². The monoisotopic (exact) mass is 340 g/mol. The maximum absolute atomic E-state index is 13.4. The number of rotatable bonds is 3. The Morgan fingerprint density at radius 2 is 1.88 bits per heavy atom. The summed E-state index contributed by atoms with van der Waals surface area (Å²) in [5.74, 6) is -0.900. The van der Waals surface area contributed by atoms with Crippen molar-refractivity contribution in [2.45, 2.75) is 45.6 Å². The van der Waals surface area contributed by atoms with Gasteiger partial charge in [0.1, 0.15) is 0 Å². The second-order valence-electron chi connectivity index (χ2n) is 9.04. The van der Waals surface area contributed by atoms with Crippen LogP contribution in [0.2, 0.25) is 0 Å². The van der Waals surface area contributed by atoms with E-state index in [1.807, 2.05) is 0 Å². The van der Waals surface area contributed by atoms with E-state index < -0.39 is 11.5 Å². The molecule has 2 heterocycles. The number of carbonyl (C=O) groups is 2. The van der Waals surface area contributed by atoms with Gasteiger partial charge in [0.25, 0.3) is 0 Å². The van der Waals surface area contributed by atoms with Gasteiger partial charge in [-0.25, -0.2) is 4.79 Å². The summed E-state index contributed by atoms with van der Waals surface area (Å²) >= 11 is 0. The molecule has 1 aliphatic heterocycles. The highest BCUT2D eigenvalue weighted by Crippen LogP contribution is 2.54. The highest BCUT2D eigenvalue weighted by molar-refractivity contribution is 6.09. The van der Waals surface area contributed by atoms with Gasteiger partial charge in [-0.2, -0.15) is 0 Å². The van der Waals surface area contributed by atoms with E-state index in [1.54, 1.807) is 18.2 Å². The number of carboxylic acid groups (broad SMARTS) is 1. The summed E-state index contributed by atoms with van der Waals surface area (Å²) in [5, 5.41) is 13.5. The van der Waals surface area contributed by atoms with Crippen molar-refractivity contribution in [1.82, 2.24) is 10.3 Å². The maximum Gasteiger partial charge on any atom is 0.337 e. The molecule has 5 heteroatoms. The molecule has 3 N–H and O–H groups in total. The topological polar surface area (TPSA) is 82.2 Å². The number of ketones is 1. The molecule has 1 aliphatic carbocycles. The Balaban J connectivity index is 1.77. The molecule has 4 rings (SSSR count). The van der Waals surface area contributed by atoms with Gasteiger partial charge in [-0.1, -0.05) is 20.8 Å². The van der Waals surface area contributed by atoms with Crippen LogP contribution in [0.4, 0.5) is 0 Å². The fourth-order valence-electron chi connectivity index (χ4n) is 5.48. The molecular formula is C20H24N2O3. The lowest BCUT2D eigenvalue weighted by atomic mass is 9.59. The first-order valence-corrected chi connectivity index (χ1v) is 8.78. The lowest BCUT2D eigenvalue weighted by Crippen LogP contribution is -2.52. The molecule has 1 aromatic heterocycles. The van der Waals surface area contributed by atoms with Crippen LogP contribution in [0, 0.1) is 10.8 Å². The summed E-state index contributed by atoms with van der Waals surface area (Å²) in [4.78, 5) is 27.8. The molecule has 0 spiro atoms. The zero-order valence-corrected chi connectivity index (χ0v) is 14.9. The number of H-pyrrole nitrogens is 1. The Morgan fingerprint density at radius 1 is 1.12 bits per heavy atom. The molecule has 2 unspecified atom stereocenters. The number of Topliss-reactive ketones (excluding diaryl/α,β-unsaturated/α-hetero) is 1. The van der Waals surface area contributed by atoms with Gasteiger partial charge in [-0.3, -0.25) is 4.79 Å². The lowest BCUT2D eigenvalue weighted by molar-refractivity contribution is 0.0608. The maximum atomic E-state index is 13.4. The van der Waals surface area contributed by atoms with E-state index >= 15 is 0 Å². The molecule has 1 aromatic carbocycles. The Morgan fingerprint density at radius 3 is 2.60 bits per heavy atom. The van der Waals surface area contributed by atoms with Gasteiger partial charge < -0.3 is 15.4 Å². The van der Waals surface area contributed by atoms with Crippen LogP contribution in [0.3, 0.4) is 0 Å². The van der Waals surface area contributed by atoms with E-state index in [0.29, 0.717) is 10.9 Å². The number of aromatic amines is 1. The third-order valence-electron chi connectivity index (χ3n) is 5.88. The van der Waals surface area contributed by atoms with Crippen LogP contribution in [0.25, 0.3) is 10.9 Å². The zero-order valence-electron chi connectivity index (χ0n) is 14.9. The lowest BCUT2D eigenvalue weighted by Gasteiger charge is -2.45. The average molecular weight is 340 g/mol. The molecule has 132 valence electrons. The van der Waals surface area contributed by atoms with Crippen molar-refractivity contribution in [3.05, 3.63) is 35.5 Å². The highest BCUT2D eigenvalue weighted by atomic mass is 16.4. The standard InChI is InChI=1S/C20H24N2O3/c1-18(2)8-19(3)10-20(9-18,22-11-19)16(23)12-4-5-15-13(6-12)14(7-21-15)17(24)25/h4-7,21-22H,8-11H2,1-3H3,(H,24,25). The highest BCUT2D eigenvalue weighted by Gasteiger charge is 2.57. The van der Waals surface area contributed by atoms with Crippen molar-refractivity contribution in [2.24, 2.45) is 10.8 Å². The second kappa shape index (κ2) is 4.94. The normalized spacial score (nSPS) is 30.5. The third-order valence-corrected chi connectivity index (χ3v) is 5.88.